The second-order valence-electron chi connectivity index (χ2n) is 5.81. The van der Waals surface area contributed by atoms with E-state index in [1.165, 1.54) is 28.6 Å². The maximum atomic E-state index is 13.7. The lowest BCUT2D eigenvalue weighted by Crippen LogP contribution is -2.37. The summed E-state index contributed by atoms with van der Waals surface area (Å²) in [4.78, 5) is 12.3. The van der Waals surface area contributed by atoms with E-state index in [0.717, 1.165) is 18.6 Å². The van der Waals surface area contributed by atoms with Crippen LogP contribution in [0.4, 0.5) is 20.2 Å². The van der Waals surface area contributed by atoms with Crippen molar-refractivity contribution >= 4 is 38.9 Å². The fourth-order valence-electron chi connectivity index (χ4n) is 2.72. The minimum Gasteiger partial charge on any atom is -0.317 e. The van der Waals surface area contributed by atoms with E-state index in [4.69, 9.17) is 11.6 Å². The van der Waals surface area contributed by atoms with Crippen LogP contribution in [0.1, 0.15) is 23.2 Å². The molecule has 2 aromatic carbocycles. The van der Waals surface area contributed by atoms with E-state index in [0.29, 0.717) is 18.7 Å². The number of nitrogens with zero attached hydrogens (tertiary/aromatic N) is 1. The lowest BCUT2D eigenvalue weighted by molar-refractivity contribution is 0.102. The Morgan fingerprint density at radius 1 is 1.12 bits per heavy atom. The molecule has 0 atom stereocenters. The molecule has 0 spiro atoms. The molecule has 1 amide bonds. The van der Waals surface area contributed by atoms with E-state index < -0.39 is 33.3 Å². The minimum absolute atomic E-state index is 0.0162. The van der Waals surface area contributed by atoms with Crippen molar-refractivity contribution in [3.8, 4) is 0 Å². The number of anilines is 2. The highest BCUT2D eigenvalue weighted by atomic mass is 35.5. The molecular weight excluding hydrogens is 386 g/mol. The first-order valence-electron chi connectivity index (χ1n) is 7.85. The molecule has 138 valence electrons. The minimum atomic E-state index is -3.41. The number of hydrogen-bond donors (Lipinski definition) is 1. The van der Waals surface area contributed by atoms with Crippen molar-refractivity contribution in [1.29, 1.82) is 0 Å². The van der Waals surface area contributed by atoms with E-state index in [2.05, 4.69) is 5.32 Å². The summed E-state index contributed by atoms with van der Waals surface area (Å²) in [6.45, 7) is 0.338. The highest BCUT2D eigenvalue weighted by Crippen LogP contribution is 2.29. The van der Waals surface area contributed by atoms with Crippen LogP contribution in [0.15, 0.2) is 36.4 Å². The Bertz CT molecular complexity index is 946. The number of sulfonamides is 1. The molecule has 0 unspecified atom stereocenters. The van der Waals surface area contributed by atoms with E-state index in [1.54, 1.807) is 0 Å². The van der Waals surface area contributed by atoms with Gasteiger partial charge in [0.2, 0.25) is 10.0 Å². The van der Waals surface area contributed by atoms with Gasteiger partial charge in [-0.1, -0.05) is 17.7 Å². The maximum absolute atomic E-state index is 13.7. The normalized spacial score (nSPS) is 16.3. The van der Waals surface area contributed by atoms with Crippen LogP contribution in [0.5, 0.6) is 0 Å². The fraction of sp³-hybridized carbons (Fsp3) is 0.235. The van der Waals surface area contributed by atoms with Gasteiger partial charge in [-0.15, -0.1) is 0 Å². The summed E-state index contributed by atoms with van der Waals surface area (Å²) >= 11 is 6.11. The quantitative estimate of drug-likeness (QED) is 0.852. The van der Waals surface area contributed by atoms with Crippen molar-refractivity contribution < 1.29 is 22.0 Å². The highest BCUT2D eigenvalue weighted by molar-refractivity contribution is 7.92. The second kappa shape index (κ2) is 7.20. The molecule has 26 heavy (non-hydrogen) atoms. The average molecular weight is 401 g/mol. The second-order valence-corrected chi connectivity index (χ2v) is 8.23. The average Bonchev–Trinajstić information content (AvgIpc) is 2.57. The molecule has 2 aromatic rings. The molecule has 9 heteroatoms. The molecule has 1 N–H and O–H groups in total. The number of halogens is 3. The SMILES string of the molecule is O=C(Nc1c(F)cccc1F)c1ccc(N2CCCCS2(=O)=O)cc1Cl. The molecule has 0 saturated carbocycles. The Hall–Kier alpha value is -2.19. The maximum Gasteiger partial charge on any atom is 0.257 e. The summed E-state index contributed by atoms with van der Waals surface area (Å²) in [6, 6.07) is 7.35. The summed E-state index contributed by atoms with van der Waals surface area (Å²) in [5, 5.41) is 2.13. The number of hydrogen-bond acceptors (Lipinski definition) is 3. The van der Waals surface area contributed by atoms with Gasteiger partial charge in [-0.25, -0.2) is 17.2 Å². The van der Waals surface area contributed by atoms with Crippen LogP contribution in [0.3, 0.4) is 0 Å². The monoisotopic (exact) mass is 400 g/mol. The highest BCUT2D eigenvalue weighted by Gasteiger charge is 2.27. The van der Waals surface area contributed by atoms with Crippen molar-refractivity contribution in [2.75, 3.05) is 21.9 Å². The van der Waals surface area contributed by atoms with Gasteiger partial charge < -0.3 is 5.32 Å². The van der Waals surface area contributed by atoms with Crippen molar-refractivity contribution in [3.63, 3.8) is 0 Å². The van der Waals surface area contributed by atoms with Gasteiger partial charge in [-0.3, -0.25) is 9.10 Å². The zero-order chi connectivity index (χ0) is 18.9. The third kappa shape index (κ3) is 3.66. The van der Waals surface area contributed by atoms with Gasteiger partial charge >= 0.3 is 0 Å². The molecule has 0 radical (unpaired) electrons. The molecule has 1 fully saturated rings. The van der Waals surface area contributed by atoms with Crippen LogP contribution in [-0.2, 0) is 10.0 Å². The van der Waals surface area contributed by atoms with Crippen LogP contribution in [0.25, 0.3) is 0 Å². The first kappa shape index (κ1) is 18.6. The van der Waals surface area contributed by atoms with Crippen LogP contribution >= 0.6 is 11.6 Å². The predicted molar refractivity (Wildman–Crippen MR) is 96.1 cm³/mol. The molecule has 0 bridgehead atoms. The summed E-state index contributed by atoms with van der Waals surface area (Å²) in [7, 11) is -3.41. The Morgan fingerprint density at radius 3 is 2.42 bits per heavy atom. The lowest BCUT2D eigenvalue weighted by Gasteiger charge is -2.28. The van der Waals surface area contributed by atoms with Crippen LogP contribution in [0, 0.1) is 11.6 Å². The van der Waals surface area contributed by atoms with Gasteiger partial charge in [0, 0.05) is 6.54 Å². The molecule has 1 saturated heterocycles. The van der Waals surface area contributed by atoms with Gasteiger partial charge in [0.1, 0.15) is 17.3 Å². The third-order valence-corrected chi connectivity index (χ3v) is 6.22. The molecule has 1 aliphatic heterocycles. The van der Waals surface area contributed by atoms with Gasteiger partial charge in [-0.2, -0.15) is 0 Å². The van der Waals surface area contributed by atoms with Crippen LogP contribution in [-0.4, -0.2) is 26.6 Å². The largest absolute Gasteiger partial charge is 0.317 e. The third-order valence-electron chi connectivity index (χ3n) is 4.04. The number of rotatable bonds is 3. The Labute approximate surface area is 154 Å². The summed E-state index contributed by atoms with van der Waals surface area (Å²) < 4.78 is 52.9. The number of carbonyl (C=O) groups excluding carboxylic acids is 1. The molecule has 1 aliphatic rings. The molecule has 3 rings (SSSR count). The van der Waals surface area contributed by atoms with Crippen molar-refractivity contribution in [3.05, 3.63) is 58.6 Å². The summed E-state index contributed by atoms with van der Waals surface area (Å²) in [5.74, 6) is -2.57. The van der Waals surface area contributed by atoms with Gasteiger partial charge in [0.15, 0.2) is 0 Å². The lowest BCUT2D eigenvalue weighted by atomic mass is 10.1. The van der Waals surface area contributed by atoms with E-state index in [-0.39, 0.29) is 16.3 Å². The smallest absolute Gasteiger partial charge is 0.257 e. The number of nitrogens with one attached hydrogen (secondary N) is 1. The zero-order valence-corrected chi connectivity index (χ0v) is 15.1. The van der Waals surface area contributed by atoms with Crippen molar-refractivity contribution in [2.45, 2.75) is 12.8 Å². The summed E-state index contributed by atoms with van der Waals surface area (Å²) in [5.41, 5.74) is -0.243. The number of amides is 1. The number of para-hydroxylation sites is 1. The molecule has 0 aromatic heterocycles. The number of benzene rings is 2. The molecule has 1 heterocycles. The van der Waals surface area contributed by atoms with Gasteiger partial charge in [0.25, 0.3) is 5.91 Å². The Kier molecular flexibility index (Phi) is 5.15. The van der Waals surface area contributed by atoms with Gasteiger partial charge in [-0.05, 0) is 43.2 Å². The first-order valence-corrected chi connectivity index (χ1v) is 9.83. The van der Waals surface area contributed by atoms with Crippen LogP contribution < -0.4 is 9.62 Å². The summed E-state index contributed by atoms with van der Waals surface area (Å²) in [6.07, 6.45) is 1.33. The molecule has 5 nitrogen and oxygen atoms in total. The van der Waals surface area contributed by atoms with Crippen molar-refractivity contribution in [1.82, 2.24) is 0 Å². The topological polar surface area (TPSA) is 66.5 Å². The van der Waals surface area contributed by atoms with E-state index in [9.17, 15) is 22.0 Å². The standard InChI is InChI=1S/C17H15ClF2N2O3S/c18-13-10-11(22-8-1-2-9-26(22,24)25)6-7-12(13)17(23)21-16-14(19)4-3-5-15(16)20/h3-7,10H,1-2,8-9H2,(H,21,23). The Balaban J connectivity index is 1.87. The first-order chi connectivity index (χ1) is 12.3. The van der Waals surface area contributed by atoms with Crippen molar-refractivity contribution in [2.24, 2.45) is 0 Å². The van der Waals surface area contributed by atoms with E-state index in [1.807, 2.05) is 0 Å². The fourth-order valence-corrected chi connectivity index (χ4v) is 4.61. The zero-order valence-electron chi connectivity index (χ0n) is 13.5. The predicted octanol–water partition coefficient (Wildman–Crippen LogP) is 3.80. The van der Waals surface area contributed by atoms with Crippen LogP contribution in [0.2, 0.25) is 5.02 Å². The molecular formula is C17H15ClF2N2O3S. The molecule has 0 aliphatic carbocycles. The Morgan fingerprint density at radius 2 is 1.81 bits per heavy atom. The van der Waals surface area contributed by atoms with Gasteiger partial charge in [0.05, 0.1) is 22.0 Å². The van der Waals surface area contributed by atoms with E-state index >= 15 is 0 Å². The number of carbonyl (C=O) groups is 1.